The third-order valence-electron chi connectivity index (χ3n) is 2.15. The predicted octanol–water partition coefficient (Wildman–Crippen LogP) is 2.28. The molecule has 1 aromatic heterocycles. The molecule has 0 spiro atoms. The third kappa shape index (κ3) is 2.13. The van der Waals surface area contributed by atoms with Crippen LogP contribution in [0.1, 0.15) is 13.3 Å². The first kappa shape index (κ1) is 10.4. The number of alkyl halides is 2. The number of hydrogen-bond donors (Lipinski definition) is 1. The molecule has 0 amide bonds. The van der Waals surface area contributed by atoms with Crippen molar-refractivity contribution < 1.29 is 4.52 Å². The number of rotatable bonds is 2. The number of halogens is 2. The van der Waals surface area contributed by atoms with E-state index in [1.54, 1.807) is 0 Å². The van der Waals surface area contributed by atoms with Crippen LogP contribution in [-0.4, -0.2) is 19.9 Å². The molecule has 0 aromatic carbocycles. The van der Waals surface area contributed by atoms with E-state index in [-0.39, 0.29) is 6.01 Å². The van der Waals surface area contributed by atoms with Crippen LogP contribution in [0.2, 0.25) is 0 Å². The number of hydrogen-bond acceptors (Lipinski definition) is 5. The topological polar surface area (TPSA) is 63.8 Å². The van der Waals surface area contributed by atoms with Gasteiger partial charge in [0.1, 0.15) is 4.33 Å². The van der Waals surface area contributed by atoms with E-state index in [1.165, 1.54) is 0 Å². The lowest BCUT2D eigenvalue weighted by Gasteiger charge is -2.24. The van der Waals surface area contributed by atoms with Gasteiger partial charge in [0, 0.05) is 12.1 Å². The maximum absolute atomic E-state index is 6.09. The van der Waals surface area contributed by atoms with E-state index in [0.717, 1.165) is 11.3 Å². The Morgan fingerprint density at radius 2 is 2.33 bits per heavy atom. The number of aromatic nitrogens is 3. The Morgan fingerprint density at radius 3 is 3.00 bits per heavy atom. The Kier molecular flexibility index (Phi) is 2.67. The summed E-state index contributed by atoms with van der Waals surface area (Å²) in [7, 11) is 0. The lowest BCUT2D eigenvalue weighted by Crippen LogP contribution is -2.20. The molecule has 1 aliphatic rings. The average Bonchev–Trinajstić information content (AvgIpc) is 2.65. The molecule has 0 radical (unpaired) electrons. The van der Waals surface area contributed by atoms with Crippen molar-refractivity contribution in [3.8, 4) is 0 Å². The van der Waals surface area contributed by atoms with Crippen LogP contribution in [0.25, 0.3) is 0 Å². The molecule has 5 nitrogen and oxygen atoms in total. The van der Waals surface area contributed by atoms with Crippen molar-refractivity contribution in [3.63, 3.8) is 0 Å². The zero-order valence-electron chi connectivity index (χ0n) is 7.87. The molecule has 0 atom stereocenters. The molecule has 1 heterocycles. The fourth-order valence-corrected chi connectivity index (χ4v) is 1.61. The summed E-state index contributed by atoms with van der Waals surface area (Å²) in [6, 6.07) is 0.208. The van der Waals surface area contributed by atoms with E-state index in [0.29, 0.717) is 6.42 Å². The lowest BCUT2D eigenvalue weighted by molar-refractivity contribution is 0.405. The van der Waals surface area contributed by atoms with E-state index in [4.69, 9.17) is 27.7 Å². The molecule has 1 N–H and O–H groups in total. The van der Waals surface area contributed by atoms with Gasteiger partial charge >= 0.3 is 6.01 Å². The first-order chi connectivity index (χ1) is 7.09. The van der Waals surface area contributed by atoms with Crippen LogP contribution in [0.3, 0.4) is 0 Å². The highest BCUT2D eigenvalue weighted by Gasteiger charge is 2.29. The molecule has 0 saturated carbocycles. The number of nitrogens with zero attached hydrogens (tertiary/aromatic N) is 3. The van der Waals surface area contributed by atoms with Crippen LogP contribution < -0.4 is 5.32 Å². The molecule has 0 aliphatic heterocycles. The Hall–Kier alpha value is -1.07. The molecule has 80 valence electrons. The zero-order valence-corrected chi connectivity index (χ0v) is 9.38. The highest BCUT2D eigenvalue weighted by molar-refractivity contribution is 6.50. The molecule has 7 heteroatoms. The molecule has 0 bridgehead atoms. The quantitative estimate of drug-likeness (QED) is 0.812. The minimum atomic E-state index is -0.884. The Labute approximate surface area is 96.1 Å². The van der Waals surface area contributed by atoms with E-state index >= 15 is 0 Å². The molecule has 1 aliphatic carbocycles. The van der Waals surface area contributed by atoms with Gasteiger partial charge in [-0.1, -0.05) is 34.4 Å². The number of anilines is 1. The summed E-state index contributed by atoms with van der Waals surface area (Å²) >= 11 is 12.2. The van der Waals surface area contributed by atoms with Crippen LogP contribution in [0.5, 0.6) is 0 Å². The van der Waals surface area contributed by atoms with E-state index < -0.39 is 4.33 Å². The van der Waals surface area contributed by atoms with Gasteiger partial charge in [-0.2, -0.15) is 0 Å². The summed E-state index contributed by atoms with van der Waals surface area (Å²) in [6.45, 7) is 1.84. The number of nitrogens with one attached hydrogen (secondary N) is 1. The molecule has 15 heavy (non-hydrogen) atoms. The van der Waals surface area contributed by atoms with E-state index in [9.17, 15) is 0 Å². The Balaban J connectivity index is 2.25. The Bertz CT molecular complexity index is 410. The fraction of sp³-hybridized carbons (Fsp3) is 0.375. The normalized spacial score (nSPS) is 19.4. The summed E-state index contributed by atoms with van der Waals surface area (Å²) in [4.78, 5) is 0. The second-order valence-electron chi connectivity index (χ2n) is 3.14. The summed E-state index contributed by atoms with van der Waals surface area (Å²) in [5, 5.41) is 13.0. The van der Waals surface area contributed by atoms with Crippen LogP contribution in [0.15, 0.2) is 27.9 Å². The summed E-state index contributed by atoms with van der Waals surface area (Å²) < 4.78 is 3.83. The summed E-state index contributed by atoms with van der Waals surface area (Å²) in [5.41, 5.74) is 1.56. The first-order valence-corrected chi connectivity index (χ1v) is 5.03. The maximum atomic E-state index is 6.09. The van der Waals surface area contributed by atoms with Crippen molar-refractivity contribution in [1.82, 2.24) is 15.6 Å². The van der Waals surface area contributed by atoms with Crippen molar-refractivity contribution in [2.45, 2.75) is 17.7 Å². The van der Waals surface area contributed by atoms with Crippen molar-refractivity contribution in [1.29, 1.82) is 0 Å². The lowest BCUT2D eigenvalue weighted by atomic mass is 10.0. The van der Waals surface area contributed by atoms with E-state index in [2.05, 4.69) is 20.9 Å². The first-order valence-electron chi connectivity index (χ1n) is 4.27. The van der Waals surface area contributed by atoms with Crippen LogP contribution >= 0.6 is 23.2 Å². The van der Waals surface area contributed by atoms with Gasteiger partial charge in [-0.15, -0.1) is 0 Å². The minimum absolute atomic E-state index is 0.208. The van der Waals surface area contributed by atoms with Crippen molar-refractivity contribution in [2.24, 2.45) is 0 Å². The van der Waals surface area contributed by atoms with Crippen LogP contribution in [-0.2, 0) is 0 Å². The zero-order chi connectivity index (χ0) is 10.9. The van der Waals surface area contributed by atoms with Gasteiger partial charge in [-0.05, 0) is 23.8 Å². The predicted molar refractivity (Wildman–Crippen MR) is 56.6 cm³/mol. The molecule has 1 aromatic rings. The monoisotopic (exact) mass is 246 g/mol. The molecule has 2 rings (SSSR count). The van der Waals surface area contributed by atoms with E-state index in [1.807, 2.05) is 19.1 Å². The fourth-order valence-electron chi connectivity index (χ4n) is 1.23. The van der Waals surface area contributed by atoms with Crippen LogP contribution in [0, 0.1) is 0 Å². The van der Waals surface area contributed by atoms with Gasteiger partial charge in [-0.3, -0.25) is 4.52 Å². The largest absolute Gasteiger partial charge is 0.346 e. The van der Waals surface area contributed by atoms with Crippen LogP contribution in [0.4, 0.5) is 6.01 Å². The average molecular weight is 247 g/mol. The number of allylic oxidation sites excluding steroid dienone is 3. The standard InChI is InChI=1S/C8H8Cl2N4O/c1-5-6(3-2-4-8(5,9)10)11-7-12-13-14-15-7/h2-3H,4H2,1H3,(H,11,12,14). The summed E-state index contributed by atoms with van der Waals surface area (Å²) in [6.07, 6.45) is 4.32. The van der Waals surface area contributed by atoms with Gasteiger partial charge in [-0.25, -0.2) is 0 Å². The molecule has 0 fully saturated rings. The minimum Gasteiger partial charge on any atom is -0.306 e. The summed E-state index contributed by atoms with van der Waals surface area (Å²) in [5.74, 6) is 0. The molecule has 0 saturated heterocycles. The second kappa shape index (κ2) is 3.83. The SMILES string of the molecule is CC1=C(Nc2nnno2)C=CCC1(Cl)Cl. The highest BCUT2D eigenvalue weighted by atomic mass is 35.5. The van der Waals surface area contributed by atoms with Gasteiger partial charge in [0.2, 0.25) is 0 Å². The maximum Gasteiger partial charge on any atom is 0.346 e. The van der Waals surface area contributed by atoms with Crippen molar-refractivity contribution >= 4 is 29.2 Å². The van der Waals surface area contributed by atoms with Gasteiger partial charge in [0.05, 0.1) is 5.27 Å². The van der Waals surface area contributed by atoms with Gasteiger partial charge < -0.3 is 5.32 Å². The highest BCUT2D eigenvalue weighted by Crippen LogP contribution is 2.38. The third-order valence-corrected chi connectivity index (χ3v) is 3.03. The smallest absolute Gasteiger partial charge is 0.306 e. The van der Waals surface area contributed by atoms with Crippen molar-refractivity contribution in [2.75, 3.05) is 5.32 Å². The molecular formula is C8H8Cl2N4O. The van der Waals surface area contributed by atoms with Crippen molar-refractivity contribution in [3.05, 3.63) is 23.4 Å². The Morgan fingerprint density at radius 1 is 1.53 bits per heavy atom. The second-order valence-corrected chi connectivity index (χ2v) is 4.63. The van der Waals surface area contributed by atoms with Gasteiger partial charge in [0.15, 0.2) is 0 Å². The molecule has 0 unspecified atom stereocenters. The molecular weight excluding hydrogens is 239 g/mol. The van der Waals surface area contributed by atoms with Gasteiger partial charge in [0.25, 0.3) is 0 Å².